The van der Waals surface area contributed by atoms with E-state index in [0.717, 1.165) is 18.9 Å². The van der Waals surface area contributed by atoms with Crippen molar-refractivity contribution in [3.63, 3.8) is 0 Å². The molecule has 1 rings (SSSR count). The van der Waals surface area contributed by atoms with Gasteiger partial charge in [0.2, 0.25) is 0 Å². The molecule has 0 spiro atoms. The highest BCUT2D eigenvalue weighted by atomic mass is 16.5. The van der Waals surface area contributed by atoms with E-state index in [1.165, 1.54) is 12.0 Å². The van der Waals surface area contributed by atoms with E-state index >= 15 is 0 Å². The Labute approximate surface area is 124 Å². The van der Waals surface area contributed by atoms with E-state index < -0.39 is 0 Å². The van der Waals surface area contributed by atoms with Gasteiger partial charge in [-0.15, -0.1) is 0 Å². The molecular formula is C18H31NO. The highest BCUT2D eigenvalue weighted by molar-refractivity contribution is 5.30. The molecule has 0 bridgehead atoms. The molecule has 0 aliphatic heterocycles. The number of hydrogen-bond acceptors (Lipinski definition) is 2. The molecular weight excluding hydrogens is 246 g/mol. The van der Waals surface area contributed by atoms with Crippen LogP contribution in [0.3, 0.4) is 0 Å². The Morgan fingerprint density at radius 2 is 1.70 bits per heavy atom. The van der Waals surface area contributed by atoms with Crippen LogP contribution >= 0.6 is 0 Å². The first kappa shape index (κ1) is 17.0. The molecule has 1 aromatic rings. The maximum absolute atomic E-state index is 5.53. The normalized spacial score (nSPS) is 14.9. The Morgan fingerprint density at radius 1 is 1.10 bits per heavy atom. The van der Waals surface area contributed by atoms with Gasteiger partial charge in [0.1, 0.15) is 5.75 Å². The SMILES string of the molecule is CCOc1ccc(C(CNC(C)(C)C)C(C)CC)cc1. The lowest BCUT2D eigenvalue weighted by molar-refractivity contribution is 0.338. The molecule has 2 unspecified atom stereocenters. The van der Waals surface area contributed by atoms with Crippen molar-refractivity contribution in [1.82, 2.24) is 5.32 Å². The monoisotopic (exact) mass is 277 g/mol. The predicted molar refractivity (Wildman–Crippen MR) is 87.6 cm³/mol. The van der Waals surface area contributed by atoms with E-state index in [0.29, 0.717) is 11.8 Å². The molecule has 0 aliphatic carbocycles. The average Bonchev–Trinajstić information content (AvgIpc) is 2.39. The Morgan fingerprint density at radius 3 is 2.15 bits per heavy atom. The Balaban J connectivity index is 2.81. The van der Waals surface area contributed by atoms with E-state index in [4.69, 9.17) is 4.74 Å². The number of ether oxygens (including phenoxy) is 1. The molecule has 2 heteroatoms. The third-order valence-electron chi connectivity index (χ3n) is 3.80. The molecule has 20 heavy (non-hydrogen) atoms. The maximum atomic E-state index is 5.53. The van der Waals surface area contributed by atoms with Crippen molar-refractivity contribution in [2.24, 2.45) is 5.92 Å². The molecule has 0 heterocycles. The van der Waals surface area contributed by atoms with E-state index in [-0.39, 0.29) is 5.54 Å². The third-order valence-corrected chi connectivity index (χ3v) is 3.80. The molecule has 0 radical (unpaired) electrons. The average molecular weight is 277 g/mol. The quantitative estimate of drug-likeness (QED) is 0.786. The summed E-state index contributed by atoms with van der Waals surface area (Å²) in [6, 6.07) is 8.61. The fourth-order valence-corrected chi connectivity index (χ4v) is 2.33. The summed E-state index contributed by atoms with van der Waals surface area (Å²) in [5.74, 6) is 2.18. The van der Waals surface area contributed by atoms with Crippen LogP contribution < -0.4 is 10.1 Å². The Hall–Kier alpha value is -1.02. The number of rotatable bonds is 7. The van der Waals surface area contributed by atoms with Gasteiger partial charge in [0.05, 0.1) is 6.61 Å². The van der Waals surface area contributed by atoms with E-state index in [9.17, 15) is 0 Å². The van der Waals surface area contributed by atoms with Crippen molar-refractivity contribution in [3.8, 4) is 5.75 Å². The summed E-state index contributed by atoms with van der Waals surface area (Å²) in [5.41, 5.74) is 1.57. The van der Waals surface area contributed by atoms with Crippen LogP contribution in [0.4, 0.5) is 0 Å². The molecule has 0 fully saturated rings. The summed E-state index contributed by atoms with van der Waals surface area (Å²) < 4.78 is 5.53. The zero-order valence-corrected chi connectivity index (χ0v) is 14.0. The Kier molecular flexibility index (Phi) is 6.54. The first-order valence-corrected chi connectivity index (χ1v) is 7.85. The van der Waals surface area contributed by atoms with Gasteiger partial charge in [0.25, 0.3) is 0 Å². The van der Waals surface area contributed by atoms with Crippen LogP contribution in [0.25, 0.3) is 0 Å². The molecule has 0 saturated heterocycles. The summed E-state index contributed by atoms with van der Waals surface area (Å²) in [7, 11) is 0. The molecule has 0 aromatic heterocycles. The molecule has 1 N–H and O–H groups in total. The molecule has 0 aliphatic rings. The summed E-state index contributed by atoms with van der Waals surface area (Å²) in [6.45, 7) is 15.0. The minimum atomic E-state index is 0.164. The summed E-state index contributed by atoms with van der Waals surface area (Å²) in [5, 5.41) is 3.64. The molecule has 0 amide bonds. The number of benzene rings is 1. The lowest BCUT2D eigenvalue weighted by Gasteiger charge is -2.29. The van der Waals surface area contributed by atoms with Gasteiger partial charge in [0, 0.05) is 12.1 Å². The van der Waals surface area contributed by atoms with Gasteiger partial charge in [-0.3, -0.25) is 0 Å². The fourth-order valence-electron chi connectivity index (χ4n) is 2.33. The van der Waals surface area contributed by atoms with Crippen LogP contribution in [0.2, 0.25) is 0 Å². The minimum absolute atomic E-state index is 0.164. The summed E-state index contributed by atoms with van der Waals surface area (Å²) in [6.07, 6.45) is 1.20. The number of nitrogens with one attached hydrogen (secondary N) is 1. The van der Waals surface area contributed by atoms with Gasteiger partial charge < -0.3 is 10.1 Å². The van der Waals surface area contributed by atoms with Crippen molar-refractivity contribution in [2.45, 2.75) is 59.4 Å². The summed E-state index contributed by atoms with van der Waals surface area (Å²) in [4.78, 5) is 0. The second-order valence-corrected chi connectivity index (χ2v) is 6.62. The van der Waals surface area contributed by atoms with Gasteiger partial charge in [0.15, 0.2) is 0 Å². The van der Waals surface area contributed by atoms with Crippen molar-refractivity contribution in [2.75, 3.05) is 13.2 Å². The van der Waals surface area contributed by atoms with Gasteiger partial charge in [-0.1, -0.05) is 32.4 Å². The van der Waals surface area contributed by atoms with Crippen LogP contribution in [-0.2, 0) is 0 Å². The lowest BCUT2D eigenvalue weighted by Crippen LogP contribution is -2.39. The number of hydrogen-bond donors (Lipinski definition) is 1. The topological polar surface area (TPSA) is 21.3 Å². The summed E-state index contributed by atoms with van der Waals surface area (Å²) >= 11 is 0. The lowest BCUT2D eigenvalue weighted by atomic mass is 9.85. The molecule has 1 aromatic carbocycles. The zero-order valence-electron chi connectivity index (χ0n) is 14.0. The van der Waals surface area contributed by atoms with Crippen molar-refractivity contribution in [3.05, 3.63) is 29.8 Å². The molecule has 114 valence electrons. The van der Waals surface area contributed by atoms with Crippen LogP contribution in [0.5, 0.6) is 5.75 Å². The van der Waals surface area contributed by atoms with Crippen molar-refractivity contribution < 1.29 is 4.74 Å². The second-order valence-electron chi connectivity index (χ2n) is 6.62. The fraction of sp³-hybridized carbons (Fsp3) is 0.667. The molecule has 0 saturated carbocycles. The van der Waals surface area contributed by atoms with Crippen LogP contribution in [-0.4, -0.2) is 18.7 Å². The van der Waals surface area contributed by atoms with E-state index in [2.05, 4.69) is 64.2 Å². The largest absolute Gasteiger partial charge is 0.494 e. The zero-order chi connectivity index (χ0) is 15.2. The van der Waals surface area contributed by atoms with Gasteiger partial charge in [-0.25, -0.2) is 0 Å². The van der Waals surface area contributed by atoms with Crippen LogP contribution in [0.15, 0.2) is 24.3 Å². The highest BCUT2D eigenvalue weighted by Crippen LogP contribution is 2.28. The standard InChI is InChI=1S/C18H31NO/c1-7-14(3)17(13-19-18(4,5)6)15-9-11-16(12-10-15)20-8-2/h9-12,14,17,19H,7-8,13H2,1-6H3. The maximum Gasteiger partial charge on any atom is 0.119 e. The van der Waals surface area contributed by atoms with Crippen LogP contribution in [0.1, 0.15) is 59.4 Å². The molecule has 2 nitrogen and oxygen atoms in total. The third kappa shape index (κ3) is 5.54. The minimum Gasteiger partial charge on any atom is -0.494 e. The van der Waals surface area contributed by atoms with Crippen molar-refractivity contribution in [1.29, 1.82) is 0 Å². The first-order valence-electron chi connectivity index (χ1n) is 7.85. The van der Waals surface area contributed by atoms with Crippen LogP contribution in [0, 0.1) is 5.92 Å². The highest BCUT2D eigenvalue weighted by Gasteiger charge is 2.20. The smallest absolute Gasteiger partial charge is 0.119 e. The van der Waals surface area contributed by atoms with Crippen molar-refractivity contribution >= 4 is 0 Å². The van der Waals surface area contributed by atoms with Gasteiger partial charge in [-0.2, -0.15) is 0 Å². The Bertz CT molecular complexity index is 377. The predicted octanol–water partition coefficient (Wildman–Crippen LogP) is 4.60. The second kappa shape index (κ2) is 7.68. The van der Waals surface area contributed by atoms with Gasteiger partial charge >= 0.3 is 0 Å². The molecule has 2 atom stereocenters. The van der Waals surface area contributed by atoms with E-state index in [1.54, 1.807) is 0 Å². The van der Waals surface area contributed by atoms with Gasteiger partial charge in [-0.05, 0) is 57.2 Å². The first-order chi connectivity index (χ1) is 9.37. The van der Waals surface area contributed by atoms with E-state index in [1.807, 2.05) is 6.92 Å².